The first-order valence-corrected chi connectivity index (χ1v) is 4.24. The van der Waals surface area contributed by atoms with Crippen molar-refractivity contribution in [3.63, 3.8) is 0 Å². The number of halogens is 2. The van der Waals surface area contributed by atoms with Crippen LogP contribution in [0.3, 0.4) is 0 Å². The van der Waals surface area contributed by atoms with Crippen LogP contribution < -0.4 is 9.46 Å². The number of aromatic nitrogens is 2. The maximum atomic E-state index is 12.9. The average Bonchev–Trinajstić information content (AvgIpc) is 2.30. The lowest BCUT2D eigenvalue weighted by molar-refractivity contribution is -0.636. The summed E-state index contributed by atoms with van der Waals surface area (Å²) in [4.78, 5) is 0. The molecule has 1 aromatic carbocycles. The molecule has 0 spiro atoms. The van der Waals surface area contributed by atoms with Crippen LogP contribution in [0.25, 0.3) is 11.0 Å². The molecule has 1 aromatic heterocycles. The van der Waals surface area contributed by atoms with Crippen LogP contribution in [0.4, 0.5) is 8.78 Å². The zero-order valence-electron chi connectivity index (χ0n) is 8.02. The molecule has 17 heavy (non-hydrogen) atoms. The molecule has 0 unspecified atom stereocenters. The Bertz CT molecular complexity index is 682. The second kappa shape index (κ2) is 3.41. The monoisotopic (exact) mass is 239 g/mol. The second-order valence-electron chi connectivity index (χ2n) is 3.13. The van der Waals surface area contributed by atoms with Gasteiger partial charge in [-0.3, -0.25) is 0 Å². The number of rotatable bonds is 0. The van der Waals surface area contributed by atoms with Gasteiger partial charge in [0.2, 0.25) is 0 Å². The topological polar surface area (TPSA) is 97.9 Å². The second-order valence-corrected chi connectivity index (χ2v) is 3.13. The quantitative estimate of drug-likeness (QED) is 0.515. The molecule has 86 valence electrons. The largest absolute Gasteiger partial charge is 0.617 e. The number of nitrogens with zero attached hydrogens (tertiary/aromatic N) is 3. The molecule has 1 N–H and O–H groups in total. The van der Waals surface area contributed by atoms with Crippen molar-refractivity contribution in [2.75, 3.05) is 0 Å². The van der Waals surface area contributed by atoms with E-state index >= 15 is 0 Å². The normalized spacial score (nSPS) is 10.4. The number of hydrogen-bond donors (Lipinski definition) is 1. The van der Waals surface area contributed by atoms with Gasteiger partial charge in [-0.1, -0.05) is 0 Å². The first-order valence-electron chi connectivity index (χ1n) is 4.24. The summed E-state index contributed by atoms with van der Waals surface area (Å²) < 4.78 is 25.4. The van der Waals surface area contributed by atoms with Crippen LogP contribution in [0, 0.1) is 33.4 Å². The van der Waals surface area contributed by atoms with Gasteiger partial charge in [-0.05, 0) is 0 Å². The van der Waals surface area contributed by atoms with Gasteiger partial charge in [-0.25, -0.2) is 8.78 Å². The number of benzene rings is 1. The zero-order valence-corrected chi connectivity index (χ0v) is 8.02. The lowest BCUT2D eigenvalue weighted by Crippen LogP contribution is -2.41. The first-order chi connectivity index (χ1) is 7.97. The highest BCUT2D eigenvalue weighted by molar-refractivity contribution is 5.68. The summed E-state index contributed by atoms with van der Waals surface area (Å²) in [5.74, 6) is -3.84. The molecule has 6 nitrogen and oxygen atoms in total. The fourth-order valence-corrected chi connectivity index (χ4v) is 1.37. The van der Waals surface area contributed by atoms with E-state index in [9.17, 15) is 24.3 Å². The van der Waals surface area contributed by atoms with Crippen molar-refractivity contribution >= 4 is 11.0 Å². The smallest absolute Gasteiger partial charge is 0.465 e. The summed E-state index contributed by atoms with van der Waals surface area (Å²) in [6.07, 6.45) is 0. The van der Waals surface area contributed by atoms with Gasteiger partial charge in [0.05, 0.1) is 12.1 Å². The van der Waals surface area contributed by atoms with E-state index in [0.29, 0.717) is 12.1 Å². The Hall–Kier alpha value is -2.69. The Kier molecular flexibility index (Phi) is 2.17. The van der Waals surface area contributed by atoms with Crippen LogP contribution in [0.2, 0.25) is 0 Å². The third-order valence-electron chi connectivity index (χ3n) is 2.17. The summed E-state index contributed by atoms with van der Waals surface area (Å²) >= 11 is 0. The molecule has 0 radical (unpaired) electrons. The van der Waals surface area contributed by atoms with Crippen LogP contribution in [-0.4, -0.2) is 5.11 Å². The van der Waals surface area contributed by atoms with E-state index in [2.05, 4.69) is 0 Å². The molecule has 0 aliphatic carbocycles. The minimum atomic E-state index is -1.34. The van der Waals surface area contributed by atoms with Gasteiger partial charge in [0.15, 0.2) is 17.7 Å². The minimum absolute atomic E-state index is 0.137. The Morgan fingerprint density at radius 3 is 2.06 bits per heavy atom. The van der Waals surface area contributed by atoms with E-state index in [1.807, 2.05) is 0 Å². The maximum Gasteiger partial charge on any atom is 0.465 e. The van der Waals surface area contributed by atoms with E-state index in [-0.39, 0.29) is 9.46 Å². The summed E-state index contributed by atoms with van der Waals surface area (Å²) in [7, 11) is 0. The van der Waals surface area contributed by atoms with Crippen molar-refractivity contribution in [3.8, 4) is 11.9 Å². The van der Waals surface area contributed by atoms with Gasteiger partial charge in [-0.2, -0.15) is 5.26 Å². The fraction of sp³-hybridized carbons (Fsp3) is 0. The average molecular weight is 239 g/mol. The molecule has 8 heteroatoms. The summed E-state index contributed by atoms with van der Waals surface area (Å²) in [6.45, 7) is 0. The van der Waals surface area contributed by atoms with Crippen LogP contribution in [0.1, 0.15) is 5.69 Å². The van der Waals surface area contributed by atoms with Gasteiger partial charge in [0.1, 0.15) is 0 Å². The number of nitriles is 1. The van der Waals surface area contributed by atoms with Crippen molar-refractivity contribution in [2.24, 2.45) is 0 Å². The lowest BCUT2D eigenvalue weighted by Gasteiger charge is -2.06. The molecule has 1 heterocycles. The SMILES string of the molecule is N#Cc1c(O)[n+]([O-])c2cc(F)c(F)cc2[n+]1[O-]. The predicted molar refractivity (Wildman–Crippen MR) is 48.2 cm³/mol. The van der Waals surface area contributed by atoms with Crippen LogP contribution >= 0.6 is 0 Å². The first kappa shape index (κ1) is 10.8. The molecule has 0 aliphatic rings. The molecule has 0 fully saturated rings. The van der Waals surface area contributed by atoms with Crippen LogP contribution in [0.15, 0.2) is 12.1 Å². The minimum Gasteiger partial charge on any atom is -0.617 e. The molecule has 0 bridgehead atoms. The highest BCUT2D eigenvalue weighted by Crippen LogP contribution is 2.16. The summed E-state index contributed by atoms with van der Waals surface area (Å²) in [5, 5.41) is 40.7. The Morgan fingerprint density at radius 2 is 1.59 bits per heavy atom. The highest BCUT2D eigenvalue weighted by atomic mass is 19.2. The van der Waals surface area contributed by atoms with E-state index in [0.717, 1.165) is 0 Å². The van der Waals surface area contributed by atoms with Gasteiger partial charge in [0, 0.05) is 0 Å². The van der Waals surface area contributed by atoms with E-state index in [4.69, 9.17) is 5.26 Å². The summed E-state index contributed by atoms with van der Waals surface area (Å²) in [6, 6.07) is 2.24. The molecule has 0 saturated heterocycles. The van der Waals surface area contributed by atoms with Gasteiger partial charge in [-0.15, -0.1) is 9.46 Å². The Labute approximate surface area is 92.4 Å². The Morgan fingerprint density at radius 1 is 1.12 bits per heavy atom. The summed E-state index contributed by atoms with van der Waals surface area (Å²) in [5.41, 5.74) is -2.01. The maximum absolute atomic E-state index is 12.9. The standard InChI is InChI=1S/C9H3F2N3O3/c10-4-1-6-7(2-5(4)11)14(17)9(15)8(3-12)13(6)16/h1-2,15H. The van der Waals surface area contributed by atoms with Crippen molar-refractivity contribution in [1.29, 1.82) is 5.26 Å². The molecule has 0 amide bonds. The van der Waals surface area contributed by atoms with Crippen molar-refractivity contribution in [1.82, 2.24) is 0 Å². The van der Waals surface area contributed by atoms with Gasteiger partial charge >= 0.3 is 11.6 Å². The van der Waals surface area contributed by atoms with Gasteiger partial charge < -0.3 is 15.5 Å². The number of aromatic hydroxyl groups is 1. The molecule has 2 rings (SSSR count). The zero-order chi connectivity index (χ0) is 12.7. The van der Waals surface area contributed by atoms with E-state index < -0.39 is 34.2 Å². The molecule has 0 atom stereocenters. The fourth-order valence-electron chi connectivity index (χ4n) is 1.37. The molecular formula is C9H3F2N3O3. The molecule has 0 aliphatic heterocycles. The van der Waals surface area contributed by atoms with Gasteiger partial charge in [0.25, 0.3) is 11.0 Å². The molecule has 0 saturated carbocycles. The van der Waals surface area contributed by atoms with Crippen molar-refractivity contribution < 1.29 is 23.3 Å². The number of hydrogen-bond acceptors (Lipinski definition) is 4. The van der Waals surface area contributed by atoms with E-state index in [1.165, 1.54) is 6.07 Å². The Balaban J connectivity index is 3.05. The predicted octanol–water partition coefficient (Wildman–Crippen LogP) is -0.0379. The van der Waals surface area contributed by atoms with Crippen LogP contribution in [-0.2, 0) is 0 Å². The van der Waals surface area contributed by atoms with E-state index in [1.54, 1.807) is 0 Å². The van der Waals surface area contributed by atoms with Crippen molar-refractivity contribution in [3.05, 3.63) is 39.9 Å². The molecular weight excluding hydrogens is 236 g/mol. The van der Waals surface area contributed by atoms with Crippen LogP contribution in [0.5, 0.6) is 5.88 Å². The van der Waals surface area contributed by atoms with Crippen molar-refractivity contribution in [2.45, 2.75) is 0 Å². The number of fused-ring (bicyclic) bond motifs is 1. The third kappa shape index (κ3) is 1.37. The third-order valence-corrected chi connectivity index (χ3v) is 2.17. The highest BCUT2D eigenvalue weighted by Gasteiger charge is 2.29. The lowest BCUT2D eigenvalue weighted by atomic mass is 10.2. The molecule has 2 aromatic rings.